The van der Waals surface area contributed by atoms with Crippen LogP contribution in [0.4, 0.5) is 0 Å². The van der Waals surface area contributed by atoms with E-state index >= 15 is 0 Å². The zero-order chi connectivity index (χ0) is 14.5. The first-order valence-electron chi connectivity index (χ1n) is 8.10. The fraction of sp³-hybridized carbons (Fsp3) is 0.667. The third kappa shape index (κ3) is 4.32. The first-order valence-corrected chi connectivity index (χ1v) is 8.10. The van der Waals surface area contributed by atoms with Crippen molar-refractivity contribution < 1.29 is 0 Å². The third-order valence-corrected chi connectivity index (χ3v) is 4.48. The van der Waals surface area contributed by atoms with Crippen LogP contribution in [0.1, 0.15) is 49.8 Å². The highest BCUT2D eigenvalue weighted by atomic mass is 15.2. The molecule has 2 rings (SSSR count). The predicted molar refractivity (Wildman–Crippen MR) is 87.1 cm³/mol. The van der Waals surface area contributed by atoms with Crippen LogP contribution in [0.25, 0.3) is 0 Å². The smallest absolute Gasteiger partial charge is 0.0239 e. The van der Waals surface area contributed by atoms with Crippen LogP contribution in [0.15, 0.2) is 18.2 Å². The molecule has 0 saturated carbocycles. The minimum absolute atomic E-state index is 0.596. The summed E-state index contributed by atoms with van der Waals surface area (Å²) in [7, 11) is 0. The Morgan fingerprint density at radius 2 is 2.05 bits per heavy atom. The molecule has 1 heterocycles. The van der Waals surface area contributed by atoms with Crippen molar-refractivity contribution in [2.75, 3.05) is 13.1 Å². The molecule has 1 atom stereocenters. The van der Waals surface area contributed by atoms with Crippen molar-refractivity contribution in [3.63, 3.8) is 0 Å². The Bertz CT molecular complexity index is 419. The highest BCUT2D eigenvalue weighted by Gasteiger charge is 2.19. The van der Waals surface area contributed by atoms with E-state index in [1.807, 2.05) is 0 Å². The Labute approximate surface area is 124 Å². The van der Waals surface area contributed by atoms with Crippen LogP contribution < -0.4 is 5.32 Å². The van der Waals surface area contributed by atoms with Crippen LogP contribution in [0.3, 0.4) is 0 Å². The Hall–Kier alpha value is -0.860. The van der Waals surface area contributed by atoms with Crippen LogP contribution in [0, 0.1) is 13.8 Å². The maximum atomic E-state index is 3.67. The number of nitrogens with one attached hydrogen (secondary N) is 1. The summed E-state index contributed by atoms with van der Waals surface area (Å²) in [5.74, 6) is 0. The predicted octanol–water partition coefficient (Wildman–Crippen LogP) is 3.66. The van der Waals surface area contributed by atoms with E-state index in [4.69, 9.17) is 0 Å². The van der Waals surface area contributed by atoms with Crippen LogP contribution in [0.2, 0.25) is 0 Å². The molecule has 1 aliphatic heterocycles. The fourth-order valence-electron chi connectivity index (χ4n) is 3.01. The van der Waals surface area contributed by atoms with Crippen molar-refractivity contribution in [3.8, 4) is 0 Å². The lowest BCUT2D eigenvalue weighted by molar-refractivity contribution is 0.177. The highest BCUT2D eigenvalue weighted by molar-refractivity contribution is 5.30. The highest BCUT2D eigenvalue weighted by Crippen LogP contribution is 2.17. The van der Waals surface area contributed by atoms with Crippen LogP contribution >= 0.6 is 0 Å². The van der Waals surface area contributed by atoms with Gasteiger partial charge in [0.2, 0.25) is 0 Å². The molecule has 0 amide bonds. The van der Waals surface area contributed by atoms with Gasteiger partial charge >= 0.3 is 0 Å². The average Bonchev–Trinajstić information content (AvgIpc) is 2.43. The summed E-state index contributed by atoms with van der Waals surface area (Å²) in [5.41, 5.74) is 4.26. The molecular formula is C18H30N2. The normalized spacial score (nSPS) is 19.8. The molecule has 0 aromatic heterocycles. The van der Waals surface area contributed by atoms with Gasteiger partial charge in [0.15, 0.2) is 0 Å². The van der Waals surface area contributed by atoms with Crippen molar-refractivity contribution in [3.05, 3.63) is 34.9 Å². The molecule has 20 heavy (non-hydrogen) atoms. The van der Waals surface area contributed by atoms with Gasteiger partial charge in [-0.15, -0.1) is 0 Å². The Balaban J connectivity index is 2.02. The van der Waals surface area contributed by atoms with Gasteiger partial charge in [0.1, 0.15) is 0 Å². The molecule has 0 spiro atoms. The Morgan fingerprint density at radius 3 is 2.70 bits per heavy atom. The van der Waals surface area contributed by atoms with Gasteiger partial charge in [-0.1, -0.05) is 30.2 Å². The molecule has 1 N–H and O–H groups in total. The first kappa shape index (κ1) is 15.5. The molecule has 1 aliphatic rings. The molecule has 1 unspecified atom stereocenters. The van der Waals surface area contributed by atoms with E-state index in [1.165, 1.54) is 49.0 Å². The number of benzene rings is 1. The molecule has 1 aromatic carbocycles. The van der Waals surface area contributed by atoms with Gasteiger partial charge in [-0.05, 0) is 58.2 Å². The second-order valence-electron chi connectivity index (χ2n) is 6.60. The van der Waals surface area contributed by atoms with Gasteiger partial charge in [0.05, 0.1) is 0 Å². The van der Waals surface area contributed by atoms with Crippen LogP contribution in [-0.2, 0) is 6.54 Å². The average molecular weight is 274 g/mol. The fourth-order valence-corrected chi connectivity index (χ4v) is 3.01. The zero-order valence-electron chi connectivity index (χ0n) is 13.6. The number of rotatable bonds is 5. The van der Waals surface area contributed by atoms with E-state index in [-0.39, 0.29) is 0 Å². The summed E-state index contributed by atoms with van der Waals surface area (Å²) in [6, 6.07) is 8.08. The number of hydrogen-bond donors (Lipinski definition) is 1. The summed E-state index contributed by atoms with van der Waals surface area (Å²) < 4.78 is 0. The molecule has 1 saturated heterocycles. The minimum atomic E-state index is 0.596. The summed E-state index contributed by atoms with van der Waals surface area (Å²) in [4.78, 5) is 2.62. The van der Waals surface area contributed by atoms with Gasteiger partial charge in [-0.2, -0.15) is 0 Å². The quantitative estimate of drug-likeness (QED) is 0.881. The molecule has 1 fully saturated rings. The van der Waals surface area contributed by atoms with E-state index in [1.54, 1.807) is 0 Å². The molecule has 0 aliphatic carbocycles. The summed E-state index contributed by atoms with van der Waals surface area (Å²) >= 11 is 0. The van der Waals surface area contributed by atoms with Crippen molar-refractivity contribution in [1.29, 1.82) is 0 Å². The van der Waals surface area contributed by atoms with Gasteiger partial charge in [-0.25, -0.2) is 0 Å². The lowest BCUT2D eigenvalue weighted by atomic mass is 10.0. The van der Waals surface area contributed by atoms with Gasteiger partial charge < -0.3 is 5.32 Å². The number of aryl methyl sites for hydroxylation is 2. The zero-order valence-corrected chi connectivity index (χ0v) is 13.6. The summed E-state index contributed by atoms with van der Waals surface area (Å²) in [6.07, 6.45) is 4.05. The number of hydrogen-bond acceptors (Lipinski definition) is 2. The number of nitrogens with zero attached hydrogens (tertiary/aromatic N) is 1. The lowest BCUT2D eigenvalue weighted by Gasteiger charge is -2.33. The summed E-state index contributed by atoms with van der Waals surface area (Å²) in [5, 5.41) is 3.67. The van der Waals surface area contributed by atoms with Crippen molar-refractivity contribution in [1.82, 2.24) is 10.2 Å². The lowest BCUT2D eigenvalue weighted by Crippen LogP contribution is -2.45. The van der Waals surface area contributed by atoms with Crippen molar-refractivity contribution in [2.45, 2.75) is 65.6 Å². The van der Waals surface area contributed by atoms with Gasteiger partial charge in [0, 0.05) is 25.2 Å². The Kier molecular flexibility index (Phi) is 5.62. The monoisotopic (exact) mass is 274 g/mol. The second kappa shape index (κ2) is 7.24. The Morgan fingerprint density at radius 1 is 1.25 bits per heavy atom. The van der Waals surface area contributed by atoms with E-state index in [2.05, 4.69) is 56.1 Å². The minimum Gasteiger partial charge on any atom is -0.313 e. The standard InChI is InChI=1S/C18H30N2/c1-14(2)20(13-18-7-5-6-10-19-18)12-17-11-15(3)8-9-16(17)4/h8-9,11,14,18-19H,5-7,10,12-13H2,1-4H3. The second-order valence-corrected chi connectivity index (χ2v) is 6.60. The molecule has 1 aromatic rings. The molecular weight excluding hydrogens is 244 g/mol. The molecule has 0 bridgehead atoms. The van der Waals surface area contributed by atoms with E-state index in [9.17, 15) is 0 Å². The van der Waals surface area contributed by atoms with Crippen molar-refractivity contribution in [2.24, 2.45) is 0 Å². The largest absolute Gasteiger partial charge is 0.313 e. The molecule has 0 radical (unpaired) electrons. The van der Waals surface area contributed by atoms with E-state index in [0.29, 0.717) is 12.1 Å². The topological polar surface area (TPSA) is 15.3 Å². The molecule has 2 nitrogen and oxygen atoms in total. The van der Waals surface area contributed by atoms with Gasteiger partial charge in [0.25, 0.3) is 0 Å². The molecule has 112 valence electrons. The van der Waals surface area contributed by atoms with Gasteiger partial charge in [-0.3, -0.25) is 4.90 Å². The SMILES string of the molecule is Cc1ccc(C)c(CN(CC2CCCCN2)C(C)C)c1. The number of piperidine rings is 1. The summed E-state index contributed by atoms with van der Waals surface area (Å²) in [6.45, 7) is 12.5. The molecule has 2 heteroatoms. The van der Waals surface area contributed by atoms with Crippen molar-refractivity contribution >= 4 is 0 Å². The third-order valence-electron chi connectivity index (χ3n) is 4.48. The first-order chi connectivity index (χ1) is 9.56. The van der Waals surface area contributed by atoms with E-state index in [0.717, 1.165) is 6.54 Å². The van der Waals surface area contributed by atoms with Crippen LogP contribution in [-0.4, -0.2) is 30.1 Å². The van der Waals surface area contributed by atoms with Crippen LogP contribution in [0.5, 0.6) is 0 Å². The maximum absolute atomic E-state index is 3.67. The maximum Gasteiger partial charge on any atom is 0.0239 e. The van der Waals surface area contributed by atoms with E-state index < -0.39 is 0 Å².